The fourth-order valence-electron chi connectivity index (χ4n) is 4.86. The lowest BCUT2D eigenvalue weighted by Crippen LogP contribution is -2.62. The van der Waals surface area contributed by atoms with E-state index in [9.17, 15) is 5.11 Å². The largest absolute Gasteiger partial charge is 0.496 e. The number of rotatable bonds is 7. The van der Waals surface area contributed by atoms with Crippen LogP contribution in [0.2, 0.25) is 0 Å². The summed E-state index contributed by atoms with van der Waals surface area (Å²) in [6.07, 6.45) is 5.94. The Morgan fingerprint density at radius 3 is 2.38 bits per heavy atom. The number of pyridine rings is 1. The molecule has 5 heteroatoms. The summed E-state index contributed by atoms with van der Waals surface area (Å²) in [7, 11) is 1.64. The lowest BCUT2D eigenvalue weighted by molar-refractivity contribution is 0.0563. The molecule has 0 spiro atoms. The van der Waals surface area contributed by atoms with Crippen LogP contribution in [0.1, 0.15) is 57.2 Å². The van der Waals surface area contributed by atoms with Crippen molar-refractivity contribution in [1.29, 1.82) is 0 Å². The molecule has 2 aromatic rings. The second kappa shape index (κ2) is 8.82. The van der Waals surface area contributed by atoms with E-state index in [2.05, 4.69) is 61.1 Å². The van der Waals surface area contributed by atoms with Crippen molar-refractivity contribution in [2.75, 3.05) is 7.11 Å². The lowest BCUT2D eigenvalue weighted by Gasteiger charge is -2.49. The Labute approximate surface area is 175 Å². The molecule has 0 unspecified atom stereocenters. The van der Waals surface area contributed by atoms with E-state index in [1.165, 1.54) is 11.1 Å². The molecule has 0 radical (unpaired) electrons. The molecular formula is C24H35N3O2. The summed E-state index contributed by atoms with van der Waals surface area (Å²) >= 11 is 0. The van der Waals surface area contributed by atoms with Gasteiger partial charge < -0.3 is 15.2 Å². The molecule has 1 aliphatic heterocycles. The van der Waals surface area contributed by atoms with Crippen LogP contribution in [-0.4, -0.2) is 39.2 Å². The van der Waals surface area contributed by atoms with Gasteiger partial charge in [-0.2, -0.15) is 0 Å². The number of ether oxygens (including phenoxy) is 1. The van der Waals surface area contributed by atoms with E-state index in [0.29, 0.717) is 6.04 Å². The van der Waals surface area contributed by atoms with E-state index in [-0.39, 0.29) is 17.7 Å². The van der Waals surface area contributed by atoms with Crippen LogP contribution in [0.4, 0.5) is 0 Å². The number of nitrogens with one attached hydrogen (secondary N) is 1. The highest BCUT2D eigenvalue weighted by molar-refractivity contribution is 5.37. The van der Waals surface area contributed by atoms with Crippen LogP contribution in [-0.2, 0) is 19.7 Å². The minimum Gasteiger partial charge on any atom is -0.496 e. The predicted molar refractivity (Wildman–Crippen MR) is 117 cm³/mol. The molecule has 1 fully saturated rings. The molecule has 1 saturated heterocycles. The van der Waals surface area contributed by atoms with Crippen molar-refractivity contribution < 1.29 is 9.84 Å². The summed E-state index contributed by atoms with van der Waals surface area (Å²) in [6, 6.07) is 10.7. The van der Waals surface area contributed by atoms with Gasteiger partial charge in [-0.3, -0.25) is 9.88 Å². The molecule has 2 heterocycles. The molecule has 0 saturated carbocycles. The molecule has 1 aromatic carbocycles. The zero-order valence-electron chi connectivity index (χ0n) is 18.4. The Bertz CT molecular complexity index is 789. The third kappa shape index (κ3) is 5.78. The molecule has 1 aromatic heterocycles. The highest BCUT2D eigenvalue weighted by Gasteiger charge is 2.39. The van der Waals surface area contributed by atoms with Gasteiger partial charge in [0.05, 0.1) is 13.7 Å². The molecule has 5 nitrogen and oxygen atoms in total. The van der Waals surface area contributed by atoms with Crippen LogP contribution < -0.4 is 10.1 Å². The molecule has 0 aliphatic carbocycles. The molecule has 158 valence electrons. The smallest absolute Gasteiger partial charge is 0.124 e. The summed E-state index contributed by atoms with van der Waals surface area (Å²) in [5, 5.41) is 13.5. The van der Waals surface area contributed by atoms with E-state index in [0.717, 1.165) is 37.2 Å². The van der Waals surface area contributed by atoms with Crippen LogP contribution in [0, 0.1) is 0 Å². The molecule has 0 bridgehead atoms. The van der Waals surface area contributed by atoms with Gasteiger partial charge in [-0.05, 0) is 69.9 Å². The second-order valence-corrected chi connectivity index (χ2v) is 9.53. The summed E-state index contributed by atoms with van der Waals surface area (Å²) < 4.78 is 5.37. The van der Waals surface area contributed by atoms with Crippen LogP contribution >= 0.6 is 0 Å². The van der Waals surface area contributed by atoms with E-state index >= 15 is 0 Å². The number of methoxy groups -OCH3 is 1. The first-order chi connectivity index (χ1) is 13.7. The van der Waals surface area contributed by atoms with Gasteiger partial charge in [0.1, 0.15) is 5.75 Å². The number of hydrogen-bond acceptors (Lipinski definition) is 5. The van der Waals surface area contributed by atoms with Crippen molar-refractivity contribution >= 4 is 0 Å². The first-order valence-electron chi connectivity index (χ1n) is 10.4. The van der Waals surface area contributed by atoms with Crippen molar-refractivity contribution in [2.24, 2.45) is 0 Å². The lowest BCUT2D eigenvalue weighted by atomic mass is 9.78. The minimum atomic E-state index is -0.0208. The molecule has 2 N–H and O–H groups in total. The van der Waals surface area contributed by atoms with E-state index in [4.69, 9.17) is 4.74 Å². The number of aromatic nitrogens is 1. The fourth-order valence-corrected chi connectivity index (χ4v) is 4.86. The van der Waals surface area contributed by atoms with Gasteiger partial charge in [0.25, 0.3) is 0 Å². The van der Waals surface area contributed by atoms with Crippen molar-refractivity contribution in [3.63, 3.8) is 0 Å². The Hall–Kier alpha value is -1.95. The maximum absolute atomic E-state index is 9.72. The zero-order valence-corrected chi connectivity index (χ0v) is 18.4. The summed E-state index contributed by atoms with van der Waals surface area (Å²) in [5.74, 6) is 0.735. The monoisotopic (exact) mass is 397 g/mol. The number of piperidine rings is 1. The summed E-state index contributed by atoms with van der Waals surface area (Å²) in [5.41, 5.74) is 3.40. The van der Waals surface area contributed by atoms with Crippen molar-refractivity contribution in [3.8, 4) is 5.75 Å². The Morgan fingerprint density at radius 1 is 1.10 bits per heavy atom. The highest BCUT2D eigenvalue weighted by Crippen LogP contribution is 2.33. The topological polar surface area (TPSA) is 57.6 Å². The van der Waals surface area contributed by atoms with Crippen molar-refractivity contribution in [2.45, 2.75) is 77.4 Å². The molecule has 0 atom stereocenters. The maximum Gasteiger partial charge on any atom is 0.124 e. The SMILES string of the molecule is COc1ccc(CN(Cc2cccnc2)C2CC(C)(C)NC(C)(C)C2)cc1CO. The van der Waals surface area contributed by atoms with Crippen LogP contribution in [0.15, 0.2) is 42.7 Å². The maximum atomic E-state index is 9.72. The van der Waals surface area contributed by atoms with Gasteiger partial charge in [0, 0.05) is 48.2 Å². The van der Waals surface area contributed by atoms with Crippen molar-refractivity contribution in [1.82, 2.24) is 15.2 Å². The Morgan fingerprint density at radius 2 is 1.79 bits per heavy atom. The predicted octanol–water partition coefficient (Wildman–Crippen LogP) is 3.89. The fraction of sp³-hybridized carbons (Fsp3) is 0.542. The van der Waals surface area contributed by atoms with Crippen LogP contribution in [0.25, 0.3) is 0 Å². The average molecular weight is 398 g/mol. The molecule has 0 amide bonds. The van der Waals surface area contributed by atoms with Crippen LogP contribution in [0.5, 0.6) is 5.75 Å². The highest BCUT2D eigenvalue weighted by atomic mass is 16.5. The normalized spacial score (nSPS) is 18.7. The average Bonchev–Trinajstić information content (AvgIpc) is 2.65. The van der Waals surface area contributed by atoms with Crippen molar-refractivity contribution in [3.05, 3.63) is 59.4 Å². The van der Waals surface area contributed by atoms with Gasteiger partial charge >= 0.3 is 0 Å². The Balaban J connectivity index is 1.89. The third-order valence-corrected chi connectivity index (χ3v) is 5.69. The standard InChI is InChI=1S/C24H35N3O2/c1-23(2)12-21(13-24(3,4)26-23)27(16-19-7-6-10-25-14-19)15-18-8-9-22(29-5)20(11-18)17-28/h6-11,14,21,26,28H,12-13,15-17H2,1-5H3. The van der Waals surface area contributed by atoms with Crippen LogP contribution in [0.3, 0.4) is 0 Å². The Kier molecular flexibility index (Phi) is 6.62. The van der Waals surface area contributed by atoms with E-state index in [1.54, 1.807) is 7.11 Å². The number of benzene rings is 1. The van der Waals surface area contributed by atoms with Gasteiger partial charge in [0.15, 0.2) is 0 Å². The minimum absolute atomic E-state index is 0.0208. The first-order valence-corrected chi connectivity index (χ1v) is 10.4. The van der Waals surface area contributed by atoms with Gasteiger partial charge in [-0.1, -0.05) is 12.1 Å². The molecule has 1 aliphatic rings. The number of aliphatic hydroxyl groups excluding tert-OH is 1. The molecule has 3 rings (SSSR count). The van der Waals surface area contributed by atoms with E-state index in [1.807, 2.05) is 24.5 Å². The second-order valence-electron chi connectivity index (χ2n) is 9.53. The quantitative estimate of drug-likeness (QED) is 0.742. The molecular weight excluding hydrogens is 362 g/mol. The number of nitrogens with zero attached hydrogens (tertiary/aromatic N) is 2. The number of hydrogen-bond donors (Lipinski definition) is 2. The van der Waals surface area contributed by atoms with E-state index < -0.39 is 0 Å². The summed E-state index contributed by atoms with van der Waals surface area (Å²) in [4.78, 5) is 6.87. The third-order valence-electron chi connectivity index (χ3n) is 5.69. The number of aliphatic hydroxyl groups is 1. The van der Waals surface area contributed by atoms with Gasteiger partial charge in [-0.25, -0.2) is 0 Å². The molecule has 29 heavy (non-hydrogen) atoms. The summed E-state index contributed by atoms with van der Waals surface area (Å²) in [6.45, 7) is 10.8. The van der Waals surface area contributed by atoms with Gasteiger partial charge in [0.2, 0.25) is 0 Å². The zero-order chi connectivity index (χ0) is 21.1. The first kappa shape index (κ1) is 21.8. The van der Waals surface area contributed by atoms with Gasteiger partial charge in [-0.15, -0.1) is 0 Å².